The van der Waals surface area contributed by atoms with Gasteiger partial charge in [-0.3, -0.25) is 10.4 Å². The molecule has 0 radical (unpaired) electrons. The highest BCUT2D eigenvalue weighted by atomic mass is 32.1. The van der Waals surface area contributed by atoms with Crippen LogP contribution in [0, 0.1) is 0 Å². The monoisotopic (exact) mass is 193 g/mol. The zero-order valence-electron chi connectivity index (χ0n) is 7.16. The first-order chi connectivity index (χ1) is 6.36. The van der Waals surface area contributed by atoms with Gasteiger partial charge in [0.2, 0.25) is 0 Å². The number of rotatable bonds is 2. The molecule has 1 saturated heterocycles. The SMILES string of the molecule is S=C1NCCN1Nc1ccccc1. The van der Waals surface area contributed by atoms with E-state index < -0.39 is 0 Å². The van der Waals surface area contributed by atoms with E-state index in [1.807, 2.05) is 35.3 Å². The summed E-state index contributed by atoms with van der Waals surface area (Å²) in [4.78, 5) is 0. The van der Waals surface area contributed by atoms with Gasteiger partial charge in [-0.05, 0) is 24.4 Å². The molecule has 1 fully saturated rings. The number of hydrazine groups is 1. The fraction of sp³-hybridized carbons (Fsp3) is 0.222. The first-order valence-corrected chi connectivity index (χ1v) is 4.64. The van der Waals surface area contributed by atoms with Crippen molar-refractivity contribution < 1.29 is 0 Å². The van der Waals surface area contributed by atoms with Crippen LogP contribution < -0.4 is 10.7 Å². The molecule has 0 unspecified atom stereocenters. The zero-order chi connectivity index (χ0) is 9.10. The summed E-state index contributed by atoms with van der Waals surface area (Å²) in [5, 5.41) is 5.79. The molecule has 3 nitrogen and oxygen atoms in total. The van der Waals surface area contributed by atoms with Crippen LogP contribution >= 0.6 is 12.2 Å². The number of nitrogens with zero attached hydrogens (tertiary/aromatic N) is 1. The predicted octanol–water partition coefficient (Wildman–Crippen LogP) is 1.20. The number of benzene rings is 1. The number of thiocarbonyl (C=S) groups is 1. The van der Waals surface area contributed by atoms with Crippen LogP contribution in [0.15, 0.2) is 30.3 Å². The lowest BCUT2D eigenvalue weighted by atomic mass is 10.3. The van der Waals surface area contributed by atoms with Crippen LogP contribution in [-0.2, 0) is 0 Å². The normalized spacial score (nSPS) is 15.7. The van der Waals surface area contributed by atoms with E-state index in [4.69, 9.17) is 12.2 Å². The highest BCUT2D eigenvalue weighted by Crippen LogP contribution is 2.07. The van der Waals surface area contributed by atoms with Crippen molar-refractivity contribution in [3.05, 3.63) is 30.3 Å². The van der Waals surface area contributed by atoms with Gasteiger partial charge in [-0.1, -0.05) is 18.2 Å². The van der Waals surface area contributed by atoms with Gasteiger partial charge in [0.05, 0.1) is 12.2 Å². The molecule has 13 heavy (non-hydrogen) atoms. The molecule has 0 amide bonds. The number of anilines is 1. The first kappa shape index (κ1) is 8.31. The summed E-state index contributed by atoms with van der Waals surface area (Å²) in [5.41, 5.74) is 4.28. The number of hydrogen-bond acceptors (Lipinski definition) is 2. The molecule has 1 aliphatic heterocycles. The van der Waals surface area contributed by atoms with Gasteiger partial charge in [0.15, 0.2) is 5.11 Å². The lowest BCUT2D eigenvalue weighted by Gasteiger charge is -2.18. The Bertz CT molecular complexity index is 299. The van der Waals surface area contributed by atoms with Crippen molar-refractivity contribution in [2.24, 2.45) is 0 Å². The molecule has 2 N–H and O–H groups in total. The van der Waals surface area contributed by atoms with Crippen molar-refractivity contribution in [3.63, 3.8) is 0 Å². The van der Waals surface area contributed by atoms with Crippen molar-refractivity contribution in [3.8, 4) is 0 Å². The Morgan fingerprint density at radius 2 is 2.08 bits per heavy atom. The Hall–Kier alpha value is -1.29. The van der Waals surface area contributed by atoms with Crippen LogP contribution in [0.25, 0.3) is 0 Å². The van der Waals surface area contributed by atoms with Crippen LogP contribution in [0.4, 0.5) is 5.69 Å². The molecule has 0 aromatic heterocycles. The van der Waals surface area contributed by atoms with Crippen molar-refractivity contribution in [2.75, 3.05) is 18.5 Å². The molecular weight excluding hydrogens is 182 g/mol. The van der Waals surface area contributed by atoms with E-state index in [-0.39, 0.29) is 0 Å². The maximum Gasteiger partial charge on any atom is 0.187 e. The smallest absolute Gasteiger partial charge is 0.187 e. The minimum atomic E-state index is 0.767. The standard InChI is InChI=1S/C9H11N3S/c13-9-10-6-7-12(9)11-8-4-2-1-3-5-8/h1-5,11H,6-7H2,(H,10,13). The Kier molecular flexibility index (Phi) is 2.31. The second kappa shape index (κ2) is 3.62. The second-order valence-corrected chi connectivity index (χ2v) is 3.25. The van der Waals surface area contributed by atoms with Gasteiger partial charge >= 0.3 is 0 Å². The summed E-state index contributed by atoms with van der Waals surface area (Å²) < 4.78 is 0. The molecule has 1 aromatic carbocycles. The summed E-state index contributed by atoms with van der Waals surface area (Å²) in [6.45, 7) is 1.83. The van der Waals surface area contributed by atoms with E-state index in [0.29, 0.717) is 0 Å². The van der Waals surface area contributed by atoms with Crippen LogP contribution in [0.2, 0.25) is 0 Å². The van der Waals surface area contributed by atoms with Crippen molar-refractivity contribution in [1.82, 2.24) is 10.3 Å². The zero-order valence-corrected chi connectivity index (χ0v) is 7.97. The van der Waals surface area contributed by atoms with Gasteiger partial charge in [-0.15, -0.1) is 0 Å². The molecule has 1 heterocycles. The number of hydrogen-bond donors (Lipinski definition) is 2. The third-order valence-electron chi connectivity index (χ3n) is 1.89. The quantitative estimate of drug-likeness (QED) is 0.690. The Morgan fingerprint density at radius 3 is 2.69 bits per heavy atom. The van der Waals surface area contributed by atoms with Crippen LogP contribution in [0.3, 0.4) is 0 Å². The van der Waals surface area contributed by atoms with Crippen molar-refractivity contribution in [1.29, 1.82) is 0 Å². The molecule has 0 atom stereocenters. The third-order valence-corrected chi connectivity index (χ3v) is 2.26. The predicted molar refractivity (Wildman–Crippen MR) is 57.4 cm³/mol. The van der Waals surface area contributed by atoms with Gasteiger partial charge in [0.1, 0.15) is 0 Å². The lowest BCUT2D eigenvalue weighted by Crippen LogP contribution is -2.33. The van der Waals surface area contributed by atoms with Gasteiger partial charge in [0.25, 0.3) is 0 Å². The Balaban J connectivity index is 2.02. The minimum Gasteiger partial charge on any atom is -0.359 e. The van der Waals surface area contributed by atoms with E-state index in [1.165, 1.54) is 0 Å². The van der Waals surface area contributed by atoms with Crippen LogP contribution in [0.5, 0.6) is 0 Å². The summed E-state index contributed by atoms with van der Waals surface area (Å²) >= 11 is 5.09. The van der Waals surface area contributed by atoms with Crippen LogP contribution in [0.1, 0.15) is 0 Å². The van der Waals surface area contributed by atoms with E-state index in [1.54, 1.807) is 0 Å². The van der Waals surface area contributed by atoms with E-state index in [9.17, 15) is 0 Å². The summed E-state index contributed by atoms with van der Waals surface area (Å²) in [6, 6.07) is 10.0. The van der Waals surface area contributed by atoms with Crippen molar-refractivity contribution in [2.45, 2.75) is 0 Å². The van der Waals surface area contributed by atoms with E-state index in [2.05, 4.69) is 10.7 Å². The number of para-hydroxylation sites is 1. The largest absolute Gasteiger partial charge is 0.359 e. The molecule has 1 aliphatic rings. The van der Waals surface area contributed by atoms with Gasteiger partial charge in [-0.2, -0.15) is 0 Å². The van der Waals surface area contributed by atoms with Crippen LogP contribution in [-0.4, -0.2) is 23.2 Å². The average Bonchev–Trinajstić information content (AvgIpc) is 2.54. The molecule has 0 saturated carbocycles. The summed E-state index contributed by atoms with van der Waals surface area (Å²) in [5.74, 6) is 0. The number of nitrogens with one attached hydrogen (secondary N) is 2. The Morgan fingerprint density at radius 1 is 1.31 bits per heavy atom. The molecule has 0 spiro atoms. The topological polar surface area (TPSA) is 27.3 Å². The summed E-state index contributed by atoms with van der Waals surface area (Å²) in [7, 11) is 0. The molecule has 1 aromatic rings. The van der Waals surface area contributed by atoms with Gasteiger partial charge < -0.3 is 5.32 Å². The molecular formula is C9H11N3S. The maximum absolute atomic E-state index is 5.09. The molecule has 68 valence electrons. The molecule has 0 aliphatic carbocycles. The Labute approximate surface area is 82.7 Å². The fourth-order valence-electron chi connectivity index (χ4n) is 1.25. The minimum absolute atomic E-state index is 0.767. The first-order valence-electron chi connectivity index (χ1n) is 4.23. The van der Waals surface area contributed by atoms with Gasteiger partial charge in [0, 0.05) is 6.54 Å². The van der Waals surface area contributed by atoms with Crippen molar-refractivity contribution >= 4 is 23.0 Å². The molecule has 2 rings (SSSR count). The highest BCUT2D eigenvalue weighted by molar-refractivity contribution is 7.80. The average molecular weight is 193 g/mol. The second-order valence-electron chi connectivity index (χ2n) is 2.86. The lowest BCUT2D eigenvalue weighted by molar-refractivity contribution is 0.560. The summed E-state index contributed by atoms with van der Waals surface area (Å²) in [6.07, 6.45) is 0. The fourth-order valence-corrected chi connectivity index (χ4v) is 1.49. The molecule has 0 bridgehead atoms. The third kappa shape index (κ3) is 1.89. The van der Waals surface area contributed by atoms with E-state index >= 15 is 0 Å². The maximum atomic E-state index is 5.09. The highest BCUT2D eigenvalue weighted by Gasteiger charge is 2.14. The molecule has 4 heteroatoms. The van der Waals surface area contributed by atoms with Gasteiger partial charge in [-0.25, -0.2) is 0 Å². The van der Waals surface area contributed by atoms with E-state index in [0.717, 1.165) is 23.9 Å².